The molecule has 0 radical (unpaired) electrons. The molecule has 1 aromatic carbocycles. The molecule has 1 nitrogen and oxygen atoms in total. The molecule has 18 heavy (non-hydrogen) atoms. The van der Waals surface area contributed by atoms with Crippen LogP contribution in [-0.2, 0) is 0 Å². The summed E-state index contributed by atoms with van der Waals surface area (Å²) in [7, 11) is 0. The average molecular weight is 311 g/mol. The lowest BCUT2D eigenvalue weighted by molar-refractivity contribution is 0.242. The summed E-state index contributed by atoms with van der Waals surface area (Å²) in [5.41, 5.74) is 1.91. The summed E-state index contributed by atoms with van der Waals surface area (Å²) in [6, 6.07) is 8.08. The molecular weight excluding hydrogens is 288 g/mol. The second kappa shape index (κ2) is 6.42. The first-order chi connectivity index (χ1) is 8.38. The number of unbranched alkanes of at least 4 members (excludes halogenated alkanes) is 1. The highest BCUT2D eigenvalue weighted by Gasteiger charge is 2.24. The number of hydrogen-bond acceptors (Lipinski definition) is 1. The molecule has 1 N–H and O–H groups in total. The molecule has 0 aliphatic heterocycles. The van der Waals surface area contributed by atoms with Crippen molar-refractivity contribution in [2.24, 2.45) is 5.41 Å². The second-order valence-corrected chi connectivity index (χ2v) is 6.38. The minimum Gasteiger partial charge on any atom is -0.511 e. The van der Waals surface area contributed by atoms with Gasteiger partial charge in [-0.05, 0) is 36.6 Å². The van der Waals surface area contributed by atoms with Gasteiger partial charge in [0.15, 0.2) is 0 Å². The second-order valence-electron chi connectivity index (χ2n) is 5.47. The van der Waals surface area contributed by atoms with E-state index in [0.29, 0.717) is 5.76 Å². The van der Waals surface area contributed by atoms with Gasteiger partial charge in [0.25, 0.3) is 0 Å². The van der Waals surface area contributed by atoms with Crippen molar-refractivity contribution in [1.29, 1.82) is 0 Å². The van der Waals surface area contributed by atoms with Gasteiger partial charge in [-0.15, -0.1) is 0 Å². The highest BCUT2D eigenvalue weighted by atomic mass is 79.9. The molecule has 0 aromatic heterocycles. The summed E-state index contributed by atoms with van der Waals surface area (Å²) in [4.78, 5) is 0. The van der Waals surface area contributed by atoms with Gasteiger partial charge in [0, 0.05) is 9.89 Å². The molecule has 0 atom stereocenters. The zero-order valence-corrected chi connectivity index (χ0v) is 13.3. The lowest BCUT2D eigenvalue weighted by Crippen LogP contribution is -2.16. The smallest absolute Gasteiger partial charge is 0.101 e. The van der Waals surface area contributed by atoms with Crippen LogP contribution >= 0.6 is 15.9 Å². The Bertz CT molecular complexity index is 415. The number of rotatable bonds is 5. The van der Waals surface area contributed by atoms with E-state index in [1.54, 1.807) is 0 Å². The maximum absolute atomic E-state index is 10.5. The summed E-state index contributed by atoms with van der Waals surface area (Å²) in [5.74, 6) is 0.512. The van der Waals surface area contributed by atoms with Crippen molar-refractivity contribution >= 4 is 21.5 Å². The van der Waals surface area contributed by atoms with E-state index in [1.165, 1.54) is 0 Å². The van der Waals surface area contributed by atoms with Gasteiger partial charge in [-0.25, -0.2) is 0 Å². The van der Waals surface area contributed by atoms with Gasteiger partial charge in [-0.3, -0.25) is 0 Å². The van der Waals surface area contributed by atoms with Gasteiger partial charge in [0.2, 0.25) is 0 Å². The van der Waals surface area contributed by atoms with E-state index in [9.17, 15) is 5.11 Å². The standard InChI is InChI=1S/C16H23BrO/c1-5-6-11-16(3,4)15(18)12(2)13-7-9-14(17)10-8-13/h7-10,18H,5-6,11H2,1-4H3/b15-12-. The predicted molar refractivity (Wildman–Crippen MR) is 82.7 cm³/mol. The van der Waals surface area contributed by atoms with Crippen LogP contribution in [0.3, 0.4) is 0 Å². The average Bonchev–Trinajstić information content (AvgIpc) is 2.35. The number of benzene rings is 1. The van der Waals surface area contributed by atoms with E-state index in [-0.39, 0.29) is 5.41 Å². The zero-order chi connectivity index (χ0) is 13.8. The molecule has 0 heterocycles. The summed E-state index contributed by atoms with van der Waals surface area (Å²) in [6.07, 6.45) is 3.32. The van der Waals surface area contributed by atoms with Crippen molar-refractivity contribution in [3.05, 3.63) is 40.1 Å². The van der Waals surface area contributed by atoms with Gasteiger partial charge < -0.3 is 5.11 Å². The van der Waals surface area contributed by atoms with E-state index in [4.69, 9.17) is 0 Å². The highest BCUT2D eigenvalue weighted by Crippen LogP contribution is 2.35. The first-order valence-corrected chi connectivity index (χ1v) is 7.34. The predicted octanol–water partition coefficient (Wildman–Crippen LogP) is 5.95. The Morgan fingerprint density at radius 3 is 2.28 bits per heavy atom. The Labute approximate surface area is 119 Å². The van der Waals surface area contributed by atoms with Crippen LogP contribution in [0.4, 0.5) is 0 Å². The molecule has 0 unspecified atom stereocenters. The fourth-order valence-corrected chi connectivity index (χ4v) is 2.35. The monoisotopic (exact) mass is 310 g/mol. The summed E-state index contributed by atoms with van der Waals surface area (Å²) < 4.78 is 1.06. The van der Waals surface area contributed by atoms with Crippen LogP contribution < -0.4 is 0 Å². The lowest BCUT2D eigenvalue weighted by atomic mass is 9.82. The van der Waals surface area contributed by atoms with Crippen LogP contribution in [0, 0.1) is 5.41 Å². The van der Waals surface area contributed by atoms with Gasteiger partial charge in [0.05, 0.1) is 0 Å². The molecule has 100 valence electrons. The molecule has 1 aromatic rings. The zero-order valence-electron chi connectivity index (χ0n) is 11.8. The third kappa shape index (κ3) is 3.88. The van der Waals surface area contributed by atoms with Gasteiger partial charge >= 0.3 is 0 Å². The van der Waals surface area contributed by atoms with E-state index in [1.807, 2.05) is 31.2 Å². The fraction of sp³-hybridized carbons (Fsp3) is 0.500. The van der Waals surface area contributed by atoms with Crippen molar-refractivity contribution in [3.63, 3.8) is 0 Å². The van der Waals surface area contributed by atoms with Gasteiger partial charge in [-0.2, -0.15) is 0 Å². The molecule has 0 aliphatic rings. The maximum Gasteiger partial charge on any atom is 0.101 e. The number of hydrogen-bond donors (Lipinski definition) is 1. The highest BCUT2D eigenvalue weighted by molar-refractivity contribution is 9.10. The van der Waals surface area contributed by atoms with Crippen molar-refractivity contribution in [2.45, 2.75) is 47.0 Å². The molecule has 0 aliphatic carbocycles. The van der Waals surface area contributed by atoms with Gasteiger partial charge in [-0.1, -0.05) is 61.7 Å². The van der Waals surface area contributed by atoms with Crippen LogP contribution in [0.2, 0.25) is 0 Å². The first-order valence-electron chi connectivity index (χ1n) is 6.54. The topological polar surface area (TPSA) is 20.2 Å². The number of allylic oxidation sites excluding steroid dienone is 2. The third-order valence-electron chi connectivity index (χ3n) is 3.43. The van der Waals surface area contributed by atoms with E-state index >= 15 is 0 Å². The third-order valence-corrected chi connectivity index (χ3v) is 3.96. The van der Waals surface area contributed by atoms with Crippen molar-refractivity contribution < 1.29 is 5.11 Å². The minimum absolute atomic E-state index is 0.146. The molecule has 0 spiro atoms. The van der Waals surface area contributed by atoms with Crippen molar-refractivity contribution in [3.8, 4) is 0 Å². The molecule has 0 saturated carbocycles. The van der Waals surface area contributed by atoms with Crippen molar-refractivity contribution in [2.75, 3.05) is 0 Å². The van der Waals surface area contributed by atoms with Crippen LogP contribution in [0.1, 0.15) is 52.5 Å². The summed E-state index contributed by atoms with van der Waals surface area (Å²) in [5, 5.41) is 10.5. The van der Waals surface area contributed by atoms with Crippen LogP contribution in [0.15, 0.2) is 34.5 Å². The molecular formula is C16H23BrO. The molecule has 0 fully saturated rings. The normalized spacial score (nSPS) is 13.4. The maximum atomic E-state index is 10.5. The summed E-state index contributed by atoms with van der Waals surface area (Å²) in [6.45, 7) is 8.39. The Morgan fingerprint density at radius 1 is 1.22 bits per heavy atom. The van der Waals surface area contributed by atoms with E-state index < -0.39 is 0 Å². The Balaban J connectivity index is 3.00. The molecule has 0 amide bonds. The van der Waals surface area contributed by atoms with E-state index in [0.717, 1.165) is 34.9 Å². The first kappa shape index (κ1) is 15.3. The lowest BCUT2D eigenvalue weighted by Gasteiger charge is -2.25. The SMILES string of the molecule is CCCCC(C)(C)/C(O)=C(\C)c1ccc(Br)cc1. The van der Waals surface area contributed by atoms with E-state index in [2.05, 4.69) is 36.7 Å². The number of halogens is 1. The van der Waals surface area contributed by atoms with Crippen LogP contribution in [0.25, 0.3) is 5.57 Å². The minimum atomic E-state index is -0.146. The Morgan fingerprint density at radius 2 is 1.78 bits per heavy atom. The van der Waals surface area contributed by atoms with Crippen LogP contribution in [0.5, 0.6) is 0 Å². The van der Waals surface area contributed by atoms with Crippen molar-refractivity contribution in [1.82, 2.24) is 0 Å². The Hall–Kier alpha value is -0.760. The Kier molecular flexibility index (Phi) is 5.46. The van der Waals surface area contributed by atoms with Gasteiger partial charge in [0.1, 0.15) is 5.76 Å². The molecule has 2 heteroatoms. The molecule has 0 bridgehead atoms. The quantitative estimate of drug-likeness (QED) is 0.666. The molecule has 1 rings (SSSR count). The molecule has 0 saturated heterocycles. The number of aliphatic hydroxyl groups is 1. The van der Waals surface area contributed by atoms with Crippen LogP contribution in [-0.4, -0.2) is 5.11 Å². The fourth-order valence-electron chi connectivity index (χ4n) is 2.08. The summed E-state index contributed by atoms with van der Waals surface area (Å²) >= 11 is 3.43. The largest absolute Gasteiger partial charge is 0.511 e. The number of aliphatic hydroxyl groups excluding tert-OH is 1.